The number of rotatable bonds is 6. The molecule has 0 radical (unpaired) electrons. The SMILES string of the molecule is COc1ccc(OC)c(C=C2Oc3cc(OCC(=O)NN)ccc3C2=O)c1. The summed E-state index contributed by atoms with van der Waals surface area (Å²) in [4.78, 5) is 23.8. The van der Waals surface area contributed by atoms with Crippen molar-refractivity contribution in [3.8, 4) is 23.0 Å². The number of carbonyl (C=O) groups is 2. The van der Waals surface area contributed by atoms with Crippen molar-refractivity contribution in [2.24, 2.45) is 5.84 Å². The number of amides is 1. The summed E-state index contributed by atoms with van der Waals surface area (Å²) in [6, 6.07) is 9.95. The van der Waals surface area contributed by atoms with Crippen LogP contribution >= 0.6 is 0 Å². The van der Waals surface area contributed by atoms with Gasteiger partial charge in [-0.25, -0.2) is 5.84 Å². The van der Waals surface area contributed by atoms with Gasteiger partial charge in [0.05, 0.1) is 19.8 Å². The average molecular weight is 370 g/mol. The van der Waals surface area contributed by atoms with Crippen molar-refractivity contribution in [3.63, 3.8) is 0 Å². The van der Waals surface area contributed by atoms with Gasteiger partial charge in [0.25, 0.3) is 5.91 Å². The molecule has 8 heteroatoms. The lowest BCUT2D eigenvalue weighted by molar-refractivity contribution is -0.123. The molecule has 0 bridgehead atoms. The molecule has 8 nitrogen and oxygen atoms in total. The molecule has 0 fully saturated rings. The maximum absolute atomic E-state index is 12.6. The molecule has 2 aromatic rings. The molecule has 0 unspecified atom stereocenters. The number of ether oxygens (including phenoxy) is 4. The van der Waals surface area contributed by atoms with E-state index in [1.54, 1.807) is 49.6 Å². The van der Waals surface area contributed by atoms with E-state index in [-0.39, 0.29) is 18.1 Å². The molecule has 2 aromatic carbocycles. The lowest BCUT2D eigenvalue weighted by Gasteiger charge is -2.08. The number of carbonyl (C=O) groups excluding carboxylic acids is 2. The van der Waals surface area contributed by atoms with Crippen LogP contribution in [-0.4, -0.2) is 32.5 Å². The van der Waals surface area contributed by atoms with Gasteiger partial charge in [-0.05, 0) is 36.4 Å². The third-order valence-corrected chi connectivity index (χ3v) is 3.90. The number of hydrogen-bond donors (Lipinski definition) is 2. The van der Waals surface area contributed by atoms with Gasteiger partial charge in [-0.1, -0.05) is 0 Å². The quantitative estimate of drug-likeness (QED) is 0.345. The lowest BCUT2D eigenvalue weighted by Crippen LogP contribution is -2.34. The first-order valence-electron chi connectivity index (χ1n) is 7.98. The van der Waals surface area contributed by atoms with Gasteiger partial charge in [-0.15, -0.1) is 0 Å². The number of ketones is 1. The summed E-state index contributed by atoms with van der Waals surface area (Å²) in [5.41, 5.74) is 3.01. The molecule has 1 aliphatic heterocycles. The summed E-state index contributed by atoms with van der Waals surface area (Å²) in [6.07, 6.45) is 1.59. The van der Waals surface area contributed by atoms with E-state index >= 15 is 0 Å². The van der Waals surface area contributed by atoms with Crippen LogP contribution in [0.5, 0.6) is 23.0 Å². The summed E-state index contributed by atoms with van der Waals surface area (Å²) in [7, 11) is 3.09. The van der Waals surface area contributed by atoms with Crippen molar-refractivity contribution in [1.82, 2.24) is 5.43 Å². The third-order valence-electron chi connectivity index (χ3n) is 3.90. The first-order valence-corrected chi connectivity index (χ1v) is 7.98. The van der Waals surface area contributed by atoms with Crippen LogP contribution in [0.2, 0.25) is 0 Å². The number of hydrogen-bond acceptors (Lipinski definition) is 7. The number of nitrogens with one attached hydrogen (secondary N) is 1. The molecule has 1 aliphatic rings. The molecule has 3 N–H and O–H groups in total. The Morgan fingerprint density at radius 2 is 1.93 bits per heavy atom. The summed E-state index contributed by atoms with van der Waals surface area (Å²) in [5.74, 6) is 6.34. The Morgan fingerprint density at radius 3 is 2.63 bits per heavy atom. The van der Waals surface area contributed by atoms with Crippen molar-refractivity contribution in [1.29, 1.82) is 0 Å². The first kappa shape index (κ1) is 18.3. The Labute approximate surface area is 155 Å². The van der Waals surface area contributed by atoms with E-state index in [1.807, 2.05) is 5.43 Å². The second kappa shape index (κ2) is 7.79. The second-order valence-corrected chi connectivity index (χ2v) is 5.56. The average Bonchev–Trinajstić information content (AvgIpc) is 3.00. The number of hydrazine groups is 1. The van der Waals surface area contributed by atoms with Gasteiger partial charge in [0.2, 0.25) is 5.78 Å². The highest BCUT2D eigenvalue weighted by atomic mass is 16.5. The van der Waals surface area contributed by atoms with Gasteiger partial charge in [0.15, 0.2) is 12.4 Å². The van der Waals surface area contributed by atoms with Crippen molar-refractivity contribution in [2.75, 3.05) is 20.8 Å². The second-order valence-electron chi connectivity index (χ2n) is 5.56. The molecule has 3 rings (SSSR count). The first-order chi connectivity index (χ1) is 13.0. The van der Waals surface area contributed by atoms with Crippen LogP contribution < -0.4 is 30.2 Å². The Bertz CT molecular complexity index is 922. The maximum atomic E-state index is 12.6. The molecule has 140 valence electrons. The molecule has 0 atom stereocenters. The number of methoxy groups -OCH3 is 2. The van der Waals surface area contributed by atoms with Crippen LogP contribution in [0.4, 0.5) is 0 Å². The monoisotopic (exact) mass is 370 g/mol. The Morgan fingerprint density at radius 1 is 1.15 bits per heavy atom. The van der Waals surface area contributed by atoms with E-state index in [2.05, 4.69) is 0 Å². The number of fused-ring (bicyclic) bond motifs is 1. The zero-order chi connectivity index (χ0) is 19.4. The zero-order valence-corrected chi connectivity index (χ0v) is 14.8. The van der Waals surface area contributed by atoms with E-state index in [4.69, 9.17) is 24.8 Å². The highest BCUT2D eigenvalue weighted by Gasteiger charge is 2.28. The molecule has 0 spiro atoms. The van der Waals surface area contributed by atoms with Gasteiger partial charge < -0.3 is 18.9 Å². The van der Waals surface area contributed by atoms with E-state index in [0.29, 0.717) is 34.1 Å². The third kappa shape index (κ3) is 3.85. The fraction of sp³-hybridized carbons (Fsp3) is 0.158. The Balaban J connectivity index is 1.86. The maximum Gasteiger partial charge on any atom is 0.271 e. The van der Waals surface area contributed by atoms with E-state index < -0.39 is 5.91 Å². The van der Waals surface area contributed by atoms with Gasteiger partial charge in [-0.3, -0.25) is 15.0 Å². The largest absolute Gasteiger partial charge is 0.497 e. The number of benzene rings is 2. The van der Waals surface area contributed by atoms with E-state index in [1.165, 1.54) is 7.11 Å². The van der Waals surface area contributed by atoms with Crippen LogP contribution in [0.1, 0.15) is 15.9 Å². The molecule has 0 saturated carbocycles. The summed E-state index contributed by atoms with van der Waals surface area (Å²) in [5, 5.41) is 0. The topological polar surface area (TPSA) is 109 Å². The van der Waals surface area contributed by atoms with Gasteiger partial charge in [-0.2, -0.15) is 0 Å². The normalized spacial score (nSPS) is 13.7. The van der Waals surface area contributed by atoms with Crippen LogP contribution in [0.15, 0.2) is 42.2 Å². The minimum Gasteiger partial charge on any atom is -0.497 e. The van der Waals surface area contributed by atoms with Gasteiger partial charge in [0, 0.05) is 11.6 Å². The Kier molecular flexibility index (Phi) is 5.28. The van der Waals surface area contributed by atoms with E-state index in [9.17, 15) is 9.59 Å². The number of allylic oxidation sites excluding steroid dienone is 1. The van der Waals surface area contributed by atoms with Crippen molar-refractivity contribution < 1.29 is 28.5 Å². The molecule has 0 aromatic heterocycles. The van der Waals surface area contributed by atoms with Crippen molar-refractivity contribution >= 4 is 17.8 Å². The highest BCUT2D eigenvalue weighted by Crippen LogP contribution is 2.36. The molecular formula is C19H18N2O6. The van der Waals surface area contributed by atoms with E-state index in [0.717, 1.165) is 0 Å². The van der Waals surface area contributed by atoms with Gasteiger partial charge >= 0.3 is 0 Å². The molecule has 1 amide bonds. The minimum atomic E-state index is -0.474. The molecular weight excluding hydrogens is 352 g/mol. The fourth-order valence-corrected chi connectivity index (χ4v) is 2.54. The minimum absolute atomic E-state index is 0.147. The summed E-state index contributed by atoms with van der Waals surface area (Å²) >= 11 is 0. The lowest BCUT2D eigenvalue weighted by atomic mass is 10.1. The summed E-state index contributed by atoms with van der Waals surface area (Å²) in [6.45, 7) is -0.243. The molecule has 27 heavy (non-hydrogen) atoms. The van der Waals surface area contributed by atoms with Crippen LogP contribution in [0.25, 0.3) is 6.08 Å². The standard InChI is InChI=1S/C19H18N2O6/c1-24-12-4-6-15(25-2)11(7-12)8-17-19(23)14-5-3-13(9-16(14)27-17)26-10-18(22)21-20/h3-9H,10,20H2,1-2H3,(H,21,22). The Hall–Kier alpha value is -3.52. The van der Waals surface area contributed by atoms with Crippen molar-refractivity contribution in [2.45, 2.75) is 0 Å². The predicted molar refractivity (Wildman–Crippen MR) is 96.7 cm³/mol. The van der Waals surface area contributed by atoms with Crippen LogP contribution in [-0.2, 0) is 4.79 Å². The molecule has 0 aliphatic carbocycles. The predicted octanol–water partition coefficient (Wildman–Crippen LogP) is 1.69. The fourth-order valence-electron chi connectivity index (χ4n) is 2.54. The highest BCUT2D eigenvalue weighted by molar-refractivity contribution is 6.14. The smallest absolute Gasteiger partial charge is 0.271 e. The van der Waals surface area contributed by atoms with Crippen LogP contribution in [0, 0.1) is 0 Å². The van der Waals surface area contributed by atoms with Crippen LogP contribution in [0.3, 0.4) is 0 Å². The summed E-state index contributed by atoms with van der Waals surface area (Å²) < 4.78 is 21.5. The van der Waals surface area contributed by atoms with Crippen molar-refractivity contribution in [3.05, 3.63) is 53.3 Å². The van der Waals surface area contributed by atoms with Gasteiger partial charge in [0.1, 0.15) is 23.0 Å². The molecule has 1 heterocycles. The zero-order valence-electron chi connectivity index (χ0n) is 14.8. The number of nitrogens with two attached hydrogens (primary N) is 1. The number of Topliss-reactive ketones (excluding diaryl/α,β-unsaturated/α-hetero) is 1. The molecule has 0 saturated heterocycles.